The average molecular weight is 243 g/mol. The first kappa shape index (κ1) is 12.7. The molecule has 0 aliphatic carbocycles. The standard InChI is InChI=1S/C12H18.BrH/c1-4-10-7-11(5-2)9-12(6-3)8-10;/h7-9H,4-6H2,1-3H3;1H. The summed E-state index contributed by atoms with van der Waals surface area (Å²) in [4.78, 5) is 0. The summed E-state index contributed by atoms with van der Waals surface area (Å²) in [5.41, 5.74) is 4.43. The maximum atomic E-state index is 2.32. The van der Waals surface area contributed by atoms with Crippen molar-refractivity contribution in [2.24, 2.45) is 0 Å². The first-order valence-electron chi connectivity index (χ1n) is 4.91. The molecular weight excluding hydrogens is 224 g/mol. The first-order chi connectivity index (χ1) is 5.80. The zero-order valence-corrected chi connectivity index (χ0v) is 10.5. The van der Waals surface area contributed by atoms with E-state index in [1.165, 1.54) is 16.7 Å². The van der Waals surface area contributed by atoms with Crippen LogP contribution in [-0.4, -0.2) is 0 Å². The molecule has 1 aromatic carbocycles. The van der Waals surface area contributed by atoms with E-state index in [2.05, 4.69) is 39.0 Å². The van der Waals surface area contributed by atoms with E-state index < -0.39 is 0 Å². The van der Waals surface area contributed by atoms with E-state index in [1.807, 2.05) is 0 Å². The Labute approximate surface area is 92.1 Å². The maximum absolute atomic E-state index is 2.32. The van der Waals surface area contributed by atoms with E-state index in [-0.39, 0.29) is 17.0 Å². The van der Waals surface area contributed by atoms with Crippen molar-refractivity contribution in [2.45, 2.75) is 40.0 Å². The maximum Gasteiger partial charge on any atom is -0.0307 e. The Hall–Kier alpha value is -0.300. The minimum atomic E-state index is 0. The largest absolute Gasteiger partial charge is 0.114 e. The molecule has 74 valence electrons. The van der Waals surface area contributed by atoms with Gasteiger partial charge in [-0.15, -0.1) is 17.0 Å². The summed E-state index contributed by atoms with van der Waals surface area (Å²) in [7, 11) is 0. The van der Waals surface area contributed by atoms with Gasteiger partial charge in [0.25, 0.3) is 0 Å². The molecule has 0 fully saturated rings. The topological polar surface area (TPSA) is 0 Å². The summed E-state index contributed by atoms with van der Waals surface area (Å²) in [6.45, 7) is 6.65. The average Bonchev–Trinajstić information content (AvgIpc) is 2.16. The summed E-state index contributed by atoms with van der Waals surface area (Å²) in [6.07, 6.45) is 3.46. The third-order valence-corrected chi connectivity index (χ3v) is 2.34. The molecule has 0 aromatic heterocycles. The fourth-order valence-electron chi connectivity index (χ4n) is 1.45. The van der Waals surface area contributed by atoms with Crippen LogP contribution in [0.2, 0.25) is 0 Å². The number of halogens is 1. The predicted molar refractivity (Wildman–Crippen MR) is 64.9 cm³/mol. The van der Waals surface area contributed by atoms with E-state index in [0.29, 0.717) is 0 Å². The highest BCUT2D eigenvalue weighted by molar-refractivity contribution is 8.93. The fourth-order valence-corrected chi connectivity index (χ4v) is 1.45. The quantitative estimate of drug-likeness (QED) is 0.754. The smallest absolute Gasteiger partial charge is 0.0307 e. The van der Waals surface area contributed by atoms with Crippen LogP contribution in [0.1, 0.15) is 37.5 Å². The summed E-state index contributed by atoms with van der Waals surface area (Å²) in [6, 6.07) is 6.96. The van der Waals surface area contributed by atoms with Crippen LogP contribution in [0.5, 0.6) is 0 Å². The Bertz CT molecular complexity index is 198. The monoisotopic (exact) mass is 242 g/mol. The van der Waals surface area contributed by atoms with Crippen molar-refractivity contribution >= 4 is 17.0 Å². The highest BCUT2D eigenvalue weighted by Crippen LogP contribution is 2.12. The van der Waals surface area contributed by atoms with E-state index in [0.717, 1.165) is 19.3 Å². The van der Waals surface area contributed by atoms with Crippen LogP contribution in [0.4, 0.5) is 0 Å². The number of hydrogen-bond acceptors (Lipinski definition) is 0. The number of aryl methyl sites for hydroxylation is 3. The van der Waals surface area contributed by atoms with Gasteiger partial charge in [0.2, 0.25) is 0 Å². The van der Waals surface area contributed by atoms with Gasteiger partial charge in [-0.1, -0.05) is 39.0 Å². The van der Waals surface area contributed by atoms with Gasteiger partial charge in [-0.05, 0) is 36.0 Å². The van der Waals surface area contributed by atoms with Gasteiger partial charge in [-0.2, -0.15) is 0 Å². The zero-order valence-electron chi connectivity index (χ0n) is 8.76. The lowest BCUT2D eigenvalue weighted by Gasteiger charge is -2.05. The Morgan fingerprint density at radius 2 is 0.923 bits per heavy atom. The zero-order chi connectivity index (χ0) is 8.97. The third-order valence-electron chi connectivity index (χ3n) is 2.34. The van der Waals surface area contributed by atoms with Crippen LogP contribution >= 0.6 is 17.0 Å². The van der Waals surface area contributed by atoms with E-state index >= 15 is 0 Å². The molecule has 0 amide bonds. The normalized spacial score (nSPS) is 9.46. The molecule has 0 saturated carbocycles. The Balaban J connectivity index is 0.00000144. The molecule has 1 rings (SSSR count). The molecule has 0 spiro atoms. The van der Waals surface area contributed by atoms with E-state index in [9.17, 15) is 0 Å². The molecule has 1 aromatic rings. The van der Waals surface area contributed by atoms with Gasteiger partial charge in [0, 0.05) is 0 Å². The Kier molecular flexibility index (Phi) is 6.06. The third kappa shape index (κ3) is 3.51. The van der Waals surface area contributed by atoms with Crippen LogP contribution in [-0.2, 0) is 19.3 Å². The molecule has 0 atom stereocenters. The fraction of sp³-hybridized carbons (Fsp3) is 0.500. The van der Waals surface area contributed by atoms with Crippen molar-refractivity contribution < 1.29 is 0 Å². The van der Waals surface area contributed by atoms with Gasteiger partial charge in [0.05, 0.1) is 0 Å². The summed E-state index contributed by atoms with van der Waals surface area (Å²) in [5.74, 6) is 0. The molecule has 13 heavy (non-hydrogen) atoms. The molecule has 0 aliphatic rings. The number of benzene rings is 1. The minimum absolute atomic E-state index is 0. The molecule has 0 heterocycles. The van der Waals surface area contributed by atoms with Gasteiger partial charge in [0.15, 0.2) is 0 Å². The molecule has 0 saturated heterocycles. The van der Waals surface area contributed by atoms with Crippen LogP contribution in [0.25, 0.3) is 0 Å². The summed E-state index contributed by atoms with van der Waals surface area (Å²) in [5, 5.41) is 0. The van der Waals surface area contributed by atoms with Crippen LogP contribution < -0.4 is 0 Å². The molecular formula is C12H19Br. The predicted octanol–water partition coefficient (Wildman–Crippen LogP) is 3.95. The van der Waals surface area contributed by atoms with Gasteiger partial charge in [-0.25, -0.2) is 0 Å². The molecule has 1 heteroatoms. The second-order valence-electron chi connectivity index (χ2n) is 3.22. The summed E-state index contributed by atoms with van der Waals surface area (Å²) < 4.78 is 0. The number of hydrogen-bond donors (Lipinski definition) is 0. The minimum Gasteiger partial charge on any atom is -0.114 e. The van der Waals surface area contributed by atoms with Crippen molar-refractivity contribution in [2.75, 3.05) is 0 Å². The van der Waals surface area contributed by atoms with E-state index in [4.69, 9.17) is 0 Å². The lowest BCUT2D eigenvalue weighted by atomic mass is 10.0. The SMILES string of the molecule is Br.CCc1cc(CC)cc(CC)c1. The Morgan fingerprint density at radius 1 is 0.692 bits per heavy atom. The second kappa shape index (κ2) is 6.20. The van der Waals surface area contributed by atoms with Crippen LogP contribution in [0.15, 0.2) is 18.2 Å². The van der Waals surface area contributed by atoms with Crippen molar-refractivity contribution in [3.05, 3.63) is 34.9 Å². The van der Waals surface area contributed by atoms with Crippen molar-refractivity contribution in [3.63, 3.8) is 0 Å². The highest BCUT2D eigenvalue weighted by atomic mass is 79.9. The number of rotatable bonds is 3. The molecule has 0 bridgehead atoms. The first-order valence-corrected chi connectivity index (χ1v) is 4.91. The molecule has 0 unspecified atom stereocenters. The highest BCUT2D eigenvalue weighted by Gasteiger charge is 1.96. The van der Waals surface area contributed by atoms with Crippen molar-refractivity contribution in [1.82, 2.24) is 0 Å². The summed E-state index contributed by atoms with van der Waals surface area (Å²) >= 11 is 0. The van der Waals surface area contributed by atoms with Gasteiger partial charge >= 0.3 is 0 Å². The van der Waals surface area contributed by atoms with Gasteiger partial charge in [-0.3, -0.25) is 0 Å². The second-order valence-corrected chi connectivity index (χ2v) is 3.22. The van der Waals surface area contributed by atoms with Crippen molar-refractivity contribution in [3.8, 4) is 0 Å². The lowest BCUT2D eigenvalue weighted by molar-refractivity contribution is 1.04. The van der Waals surface area contributed by atoms with Gasteiger partial charge in [0.1, 0.15) is 0 Å². The molecule has 0 radical (unpaired) electrons. The van der Waals surface area contributed by atoms with Crippen molar-refractivity contribution in [1.29, 1.82) is 0 Å². The van der Waals surface area contributed by atoms with E-state index in [1.54, 1.807) is 0 Å². The van der Waals surface area contributed by atoms with Crippen LogP contribution in [0.3, 0.4) is 0 Å². The van der Waals surface area contributed by atoms with Gasteiger partial charge < -0.3 is 0 Å². The molecule has 0 nitrogen and oxygen atoms in total. The molecule has 0 aliphatic heterocycles. The Morgan fingerprint density at radius 3 is 1.08 bits per heavy atom. The van der Waals surface area contributed by atoms with Crippen LogP contribution in [0, 0.1) is 0 Å². The lowest BCUT2D eigenvalue weighted by Crippen LogP contribution is -1.90. The molecule has 0 N–H and O–H groups in total.